The summed E-state index contributed by atoms with van der Waals surface area (Å²) in [5.41, 5.74) is 0. The van der Waals surface area contributed by atoms with E-state index in [2.05, 4.69) is 47.2 Å². The van der Waals surface area contributed by atoms with Gasteiger partial charge in [0.25, 0.3) is 0 Å². The van der Waals surface area contributed by atoms with E-state index >= 15 is 0 Å². The molecule has 0 saturated heterocycles. The Hall–Kier alpha value is 0.140. The van der Waals surface area contributed by atoms with Gasteiger partial charge in [0.1, 0.15) is 0 Å². The normalized spacial score (nSPS) is 13.2. The van der Waals surface area contributed by atoms with Gasteiger partial charge in [-0.15, -0.1) is 11.3 Å². The van der Waals surface area contributed by atoms with E-state index in [4.69, 9.17) is 0 Å². The summed E-state index contributed by atoms with van der Waals surface area (Å²) in [6, 6.07) is 4.27. The van der Waals surface area contributed by atoms with E-state index < -0.39 is 0 Å². The topological polar surface area (TPSA) is 12.0 Å². The minimum atomic E-state index is 0.781. The summed E-state index contributed by atoms with van der Waals surface area (Å²) in [5, 5.41) is 3.46. The molecule has 0 fully saturated rings. The van der Waals surface area contributed by atoms with E-state index in [1.807, 2.05) is 0 Å². The lowest BCUT2D eigenvalue weighted by atomic mass is 10.1. The fourth-order valence-corrected chi connectivity index (χ4v) is 2.49. The molecule has 0 aliphatic heterocycles. The van der Waals surface area contributed by atoms with E-state index in [-0.39, 0.29) is 0 Å². The zero-order chi connectivity index (χ0) is 9.68. The van der Waals surface area contributed by atoms with Crippen molar-refractivity contribution in [3.8, 4) is 0 Å². The molecule has 0 aromatic carbocycles. The number of halogens is 1. The Balaban J connectivity index is 2.20. The highest BCUT2D eigenvalue weighted by molar-refractivity contribution is 9.11. The van der Waals surface area contributed by atoms with Crippen LogP contribution in [0.4, 0.5) is 0 Å². The molecule has 1 atom stereocenters. The predicted molar refractivity (Wildman–Crippen MR) is 63.2 cm³/mol. The minimum absolute atomic E-state index is 0.781. The van der Waals surface area contributed by atoms with Gasteiger partial charge in [-0.2, -0.15) is 0 Å². The van der Waals surface area contributed by atoms with Gasteiger partial charge < -0.3 is 5.32 Å². The fourth-order valence-electron chi connectivity index (χ4n) is 1.03. The Morgan fingerprint density at radius 1 is 1.54 bits per heavy atom. The predicted octanol–water partition coefficient (Wildman–Crippen LogP) is 3.65. The van der Waals surface area contributed by atoms with Gasteiger partial charge in [-0.25, -0.2) is 0 Å². The number of thiophene rings is 1. The first-order valence-corrected chi connectivity index (χ1v) is 6.28. The molecule has 1 unspecified atom stereocenters. The van der Waals surface area contributed by atoms with E-state index in [0.29, 0.717) is 0 Å². The van der Waals surface area contributed by atoms with Crippen LogP contribution in [0.1, 0.15) is 25.1 Å². The van der Waals surface area contributed by atoms with Gasteiger partial charge in [-0.05, 0) is 40.5 Å². The SMILES string of the molecule is CCC(C)CNCc1ccc(Br)s1. The second-order valence-corrected chi connectivity index (χ2v) is 5.90. The number of hydrogen-bond donors (Lipinski definition) is 1. The van der Waals surface area contributed by atoms with E-state index in [1.165, 1.54) is 15.1 Å². The van der Waals surface area contributed by atoms with Crippen molar-refractivity contribution < 1.29 is 0 Å². The summed E-state index contributed by atoms with van der Waals surface area (Å²) in [5.74, 6) is 0.781. The second kappa shape index (κ2) is 5.78. The zero-order valence-electron chi connectivity index (χ0n) is 8.14. The van der Waals surface area contributed by atoms with Crippen molar-refractivity contribution in [1.82, 2.24) is 5.32 Å². The first kappa shape index (κ1) is 11.2. The molecule has 74 valence electrons. The summed E-state index contributed by atoms with van der Waals surface area (Å²) >= 11 is 5.26. The van der Waals surface area contributed by atoms with Crippen molar-refractivity contribution in [2.24, 2.45) is 5.92 Å². The summed E-state index contributed by atoms with van der Waals surface area (Å²) < 4.78 is 1.22. The van der Waals surface area contributed by atoms with Crippen molar-refractivity contribution in [1.29, 1.82) is 0 Å². The van der Waals surface area contributed by atoms with Crippen LogP contribution in [0.5, 0.6) is 0 Å². The van der Waals surface area contributed by atoms with Crippen LogP contribution in [0.2, 0.25) is 0 Å². The highest BCUT2D eigenvalue weighted by atomic mass is 79.9. The monoisotopic (exact) mass is 261 g/mol. The van der Waals surface area contributed by atoms with Crippen LogP contribution in [-0.2, 0) is 6.54 Å². The second-order valence-electron chi connectivity index (χ2n) is 3.35. The Morgan fingerprint density at radius 2 is 2.31 bits per heavy atom. The molecule has 0 amide bonds. The van der Waals surface area contributed by atoms with Crippen molar-refractivity contribution in [2.45, 2.75) is 26.8 Å². The smallest absolute Gasteiger partial charge is 0.0701 e. The van der Waals surface area contributed by atoms with Gasteiger partial charge in [0, 0.05) is 11.4 Å². The molecular formula is C10H16BrNS. The molecule has 1 N–H and O–H groups in total. The van der Waals surface area contributed by atoms with Crippen LogP contribution in [-0.4, -0.2) is 6.54 Å². The molecule has 13 heavy (non-hydrogen) atoms. The molecule has 0 spiro atoms. The Labute approximate surface area is 92.7 Å². The molecule has 0 bridgehead atoms. The maximum atomic E-state index is 3.46. The fraction of sp³-hybridized carbons (Fsp3) is 0.600. The average Bonchev–Trinajstić information content (AvgIpc) is 2.51. The number of rotatable bonds is 5. The first-order chi connectivity index (χ1) is 6.22. The van der Waals surface area contributed by atoms with Crippen LogP contribution < -0.4 is 5.32 Å². The Bertz CT molecular complexity index is 247. The van der Waals surface area contributed by atoms with Gasteiger partial charge in [0.15, 0.2) is 0 Å². The molecule has 0 aliphatic carbocycles. The van der Waals surface area contributed by atoms with Crippen LogP contribution in [0.25, 0.3) is 0 Å². The molecule has 0 radical (unpaired) electrons. The zero-order valence-corrected chi connectivity index (χ0v) is 10.5. The van der Waals surface area contributed by atoms with E-state index in [1.54, 1.807) is 11.3 Å². The Kier molecular flexibility index (Phi) is 4.99. The van der Waals surface area contributed by atoms with Gasteiger partial charge in [-0.1, -0.05) is 20.3 Å². The third-order valence-electron chi connectivity index (χ3n) is 2.12. The van der Waals surface area contributed by atoms with E-state index in [0.717, 1.165) is 19.0 Å². The van der Waals surface area contributed by atoms with E-state index in [9.17, 15) is 0 Å². The minimum Gasteiger partial charge on any atom is -0.312 e. The third kappa shape index (κ3) is 4.25. The quantitative estimate of drug-likeness (QED) is 0.854. The molecule has 0 saturated carbocycles. The average molecular weight is 262 g/mol. The summed E-state index contributed by atoms with van der Waals surface area (Å²) in [6.45, 7) is 6.62. The lowest BCUT2D eigenvalue weighted by Gasteiger charge is -2.08. The van der Waals surface area contributed by atoms with Crippen molar-refractivity contribution in [3.63, 3.8) is 0 Å². The summed E-state index contributed by atoms with van der Waals surface area (Å²) in [6.07, 6.45) is 1.25. The largest absolute Gasteiger partial charge is 0.312 e. The van der Waals surface area contributed by atoms with Crippen LogP contribution in [0.3, 0.4) is 0 Å². The maximum Gasteiger partial charge on any atom is 0.0701 e. The van der Waals surface area contributed by atoms with Crippen LogP contribution in [0.15, 0.2) is 15.9 Å². The molecule has 0 aliphatic rings. The number of hydrogen-bond acceptors (Lipinski definition) is 2. The lowest BCUT2D eigenvalue weighted by Crippen LogP contribution is -2.19. The van der Waals surface area contributed by atoms with Crippen molar-refractivity contribution in [3.05, 3.63) is 20.8 Å². The Morgan fingerprint density at radius 3 is 2.85 bits per heavy atom. The summed E-state index contributed by atoms with van der Waals surface area (Å²) in [7, 11) is 0. The van der Waals surface area contributed by atoms with Gasteiger partial charge in [0.05, 0.1) is 3.79 Å². The van der Waals surface area contributed by atoms with Gasteiger partial charge >= 0.3 is 0 Å². The molecule has 1 rings (SSSR count). The van der Waals surface area contributed by atoms with Gasteiger partial charge in [0.2, 0.25) is 0 Å². The molecule has 1 heterocycles. The van der Waals surface area contributed by atoms with Crippen molar-refractivity contribution >= 4 is 27.3 Å². The van der Waals surface area contributed by atoms with Crippen molar-refractivity contribution in [2.75, 3.05) is 6.54 Å². The van der Waals surface area contributed by atoms with Crippen LogP contribution in [0, 0.1) is 5.92 Å². The third-order valence-corrected chi connectivity index (χ3v) is 3.74. The highest BCUT2D eigenvalue weighted by Crippen LogP contribution is 2.21. The van der Waals surface area contributed by atoms with Gasteiger partial charge in [-0.3, -0.25) is 0 Å². The number of nitrogens with one attached hydrogen (secondary N) is 1. The molecule has 1 aromatic rings. The standard InChI is InChI=1S/C10H16BrNS/c1-3-8(2)6-12-7-9-4-5-10(11)13-9/h4-5,8,12H,3,6-7H2,1-2H3. The maximum absolute atomic E-state index is 3.46. The van der Waals surface area contributed by atoms with Crippen LogP contribution >= 0.6 is 27.3 Å². The highest BCUT2D eigenvalue weighted by Gasteiger charge is 1.99. The summed E-state index contributed by atoms with van der Waals surface area (Å²) in [4.78, 5) is 1.40. The molecule has 3 heteroatoms. The molecule has 1 nitrogen and oxygen atoms in total. The first-order valence-electron chi connectivity index (χ1n) is 4.67. The lowest BCUT2D eigenvalue weighted by molar-refractivity contribution is 0.501. The molecule has 1 aromatic heterocycles. The molecular weight excluding hydrogens is 246 g/mol.